The van der Waals surface area contributed by atoms with Crippen LogP contribution in [0.4, 0.5) is 4.39 Å². The van der Waals surface area contributed by atoms with Gasteiger partial charge < -0.3 is 9.84 Å². The molecule has 0 spiro atoms. The monoisotopic (exact) mass is 246 g/mol. The molecule has 88 valence electrons. The summed E-state index contributed by atoms with van der Waals surface area (Å²) >= 11 is 5.72. The van der Waals surface area contributed by atoms with Gasteiger partial charge in [-0.05, 0) is 24.6 Å². The van der Waals surface area contributed by atoms with E-state index in [-0.39, 0.29) is 10.8 Å². The number of hydrogen-bond donors (Lipinski definition) is 1. The molecule has 1 unspecified atom stereocenters. The number of rotatable bonds is 5. The SMILES string of the molecule is CCCC(Oc1ccc(F)cc1Cl)C(=O)O. The summed E-state index contributed by atoms with van der Waals surface area (Å²) in [7, 11) is 0. The average Bonchev–Trinajstić information content (AvgIpc) is 2.20. The van der Waals surface area contributed by atoms with Crippen LogP contribution in [0.1, 0.15) is 19.8 Å². The van der Waals surface area contributed by atoms with E-state index in [2.05, 4.69) is 0 Å². The fourth-order valence-electron chi connectivity index (χ4n) is 1.22. The van der Waals surface area contributed by atoms with Crippen molar-refractivity contribution in [1.82, 2.24) is 0 Å². The van der Waals surface area contributed by atoms with E-state index in [1.54, 1.807) is 0 Å². The van der Waals surface area contributed by atoms with Crippen LogP contribution in [0.15, 0.2) is 18.2 Å². The molecule has 5 heteroatoms. The average molecular weight is 247 g/mol. The molecule has 1 rings (SSSR count). The zero-order valence-electron chi connectivity index (χ0n) is 8.74. The highest BCUT2D eigenvalue weighted by Gasteiger charge is 2.19. The molecule has 0 aliphatic carbocycles. The van der Waals surface area contributed by atoms with Crippen molar-refractivity contribution in [3.8, 4) is 5.75 Å². The van der Waals surface area contributed by atoms with Crippen molar-refractivity contribution < 1.29 is 19.0 Å². The Bertz CT molecular complexity index is 381. The standard InChI is InChI=1S/C11H12ClFO3/c1-2-3-10(11(14)15)16-9-5-4-7(13)6-8(9)12/h4-6,10H,2-3H2,1H3,(H,14,15). The summed E-state index contributed by atoms with van der Waals surface area (Å²) in [5.74, 6) is -1.36. The van der Waals surface area contributed by atoms with Crippen LogP contribution in [-0.2, 0) is 4.79 Å². The lowest BCUT2D eigenvalue weighted by Crippen LogP contribution is -2.26. The van der Waals surface area contributed by atoms with Crippen molar-refractivity contribution in [1.29, 1.82) is 0 Å². The van der Waals surface area contributed by atoms with Gasteiger partial charge >= 0.3 is 5.97 Å². The highest BCUT2D eigenvalue weighted by Crippen LogP contribution is 2.26. The maximum Gasteiger partial charge on any atom is 0.344 e. The fourth-order valence-corrected chi connectivity index (χ4v) is 1.43. The number of aliphatic carboxylic acids is 1. The number of carbonyl (C=O) groups is 1. The second-order valence-corrected chi connectivity index (χ2v) is 3.72. The van der Waals surface area contributed by atoms with Crippen molar-refractivity contribution >= 4 is 17.6 Å². The van der Waals surface area contributed by atoms with Crippen molar-refractivity contribution in [2.45, 2.75) is 25.9 Å². The minimum absolute atomic E-state index is 0.0716. The Kier molecular flexibility index (Phi) is 4.55. The highest BCUT2D eigenvalue weighted by molar-refractivity contribution is 6.32. The minimum Gasteiger partial charge on any atom is -0.479 e. The van der Waals surface area contributed by atoms with Crippen LogP contribution in [0, 0.1) is 5.82 Å². The fraction of sp³-hybridized carbons (Fsp3) is 0.364. The van der Waals surface area contributed by atoms with E-state index in [1.807, 2.05) is 6.92 Å². The predicted octanol–water partition coefficient (Wildman–Crippen LogP) is 3.11. The Balaban J connectivity index is 2.81. The summed E-state index contributed by atoms with van der Waals surface area (Å²) < 4.78 is 17.9. The molecular weight excluding hydrogens is 235 g/mol. The molecule has 3 nitrogen and oxygen atoms in total. The Morgan fingerprint density at radius 3 is 2.81 bits per heavy atom. The zero-order valence-corrected chi connectivity index (χ0v) is 9.50. The molecule has 1 atom stereocenters. The summed E-state index contributed by atoms with van der Waals surface area (Å²) in [5.41, 5.74) is 0. The third-order valence-corrected chi connectivity index (χ3v) is 2.28. The van der Waals surface area contributed by atoms with E-state index in [0.29, 0.717) is 12.8 Å². The van der Waals surface area contributed by atoms with Crippen molar-refractivity contribution in [2.75, 3.05) is 0 Å². The van der Waals surface area contributed by atoms with E-state index in [0.717, 1.165) is 6.07 Å². The quantitative estimate of drug-likeness (QED) is 0.868. The van der Waals surface area contributed by atoms with Crippen LogP contribution in [0.5, 0.6) is 5.75 Å². The first kappa shape index (κ1) is 12.8. The van der Waals surface area contributed by atoms with Crippen molar-refractivity contribution in [3.05, 3.63) is 29.0 Å². The van der Waals surface area contributed by atoms with Gasteiger partial charge in [0.1, 0.15) is 11.6 Å². The van der Waals surface area contributed by atoms with E-state index < -0.39 is 17.9 Å². The summed E-state index contributed by atoms with van der Waals surface area (Å²) in [6.07, 6.45) is 0.103. The zero-order chi connectivity index (χ0) is 12.1. The van der Waals surface area contributed by atoms with Gasteiger partial charge in [-0.3, -0.25) is 0 Å². The number of halogens is 2. The molecule has 0 radical (unpaired) electrons. The molecule has 0 fully saturated rings. The number of ether oxygens (including phenoxy) is 1. The van der Waals surface area contributed by atoms with E-state index in [1.165, 1.54) is 12.1 Å². The largest absolute Gasteiger partial charge is 0.479 e. The summed E-state index contributed by atoms with van der Waals surface area (Å²) in [4.78, 5) is 10.8. The Labute approximate surface area is 97.8 Å². The smallest absolute Gasteiger partial charge is 0.344 e. The van der Waals surface area contributed by atoms with Crippen LogP contribution >= 0.6 is 11.6 Å². The summed E-state index contributed by atoms with van der Waals surface area (Å²) in [5, 5.41) is 8.94. The van der Waals surface area contributed by atoms with E-state index in [4.69, 9.17) is 21.4 Å². The first-order valence-corrected chi connectivity index (χ1v) is 5.27. The summed E-state index contributed by atoms with van der Waals surface area (Å²) in [6, 6.07) is 3.58. The second kappa shape index (κ2) is 5.70. The molecule has 0 heterocycles. The van der Waals surface area contributed by atoms with Gasteiger partial charge in [0.2, 0.25) is 0 Å². The van der Waals surface area contributed by atoms with Gasteiger partial charge in [-0.15, -0.1) is 0 Å². The van der Waals surface area contributed by atoms with E-state index >= 15 is 0 Å². The van der Waals surface area contributed by atoms with Gasteiger partial charge in [-0.1, -0.05) is 24.9 Å². The Morgan fingerprint density at radius 1 is 1.62 bits per heavy atom. The van der Waals surface area contributed by atoms with Gasteiger partial charge in [0.25, 0.3) is 0 Å². The molecule has 0 amide bonds. The van der Waals surface area contributed by atoms with Crippen molar-refractivity contribution in [3.63, 3.8) is 0 Å². The molecule has 0 saturated carbocycles. The van der Waals surface area contributed by atoms with Crippen molar-refractivity contribution in [2.24, 2.45) is 0 Å². The highest BCUT2D eigenvalue weighted by atomic mass is 35.5. The first-order chi connectivity index (χ1) is 7.54. The second-order valence-electron chi connectivity index (χ2n) is 3.31. The van der Waals surface area contributed by atoms with Gasteiger partial charge in [0.15, 0.2) is 6.10 Å². The van der Waals surface area contributed by atoms with Crippen LogP contribution < -0.4 is 4.74 Å². The maximum absolute atomic E-state index is 12.7. The molecule has 1 N–H and O–H groups in total. The lowest BCUT2D eigenvalue weighted by atomic mass is 10.2. The maximum atomic E-state index is 12.7. The van der Waals surface area contributed by atoms with Gasteiger partial charge in [-0.2, -0.15) is 0 Å². The normalized spacial score (nSPS) is 12.2. The van der Waals surface area contributed by atoms with E-state index in [9.17, 15) is 9.18 Å². The van der Waals surface area contributed by atoms with Gasteiger partial charge in [0, 0.05) is 0 Å². The molecule has 16 heavy (non-hydrogen) atoms. The number of carboxylic acids is 1. The number of hydrogen-bond acceptors (Lipinski definition) is 2. The third-order valence-electron chi connectivity index (χ3n) is 1.99. The first-order valence-electron chi connectivity index (χ1n) is 4.89. The number of benzene rings is 1. The topological polar surface area (TPSA) is 46.5 Å². The third kappa shape index (κ3) is 3.38. The Hall–Kier alpha value is -1.29. The molecule has 0 aliphatic rings. The minimum atomic E-state index is -1.05. The molecule has 0 saturated heterocycles. The number of carboxylic acid groups (broad SMARTS) is 1. The van der Waals surface area contributed by atoms with Crippen LogP contribution in [-0.4, -0.2) is 17.2 Å². The lowest BCUT2D eigenvalue weighted by Gasteiger charge is -2.15. The molecule has 0 bridgehead atoms. The molecule has 0 aliphatic heterocycles. The molecule has 1 aromatic carbocycles. The van der Waals surface area contributed by atoms with Crippen LogP contribution in [0.2, 0.25) is 5.02 Å². The van der Waals surface area contributed by atoms with Gasteiger partial charge in [-0.25, -0.2) is 9.18 Å². The lowest BCUT2D eigenvalue weighted by molar-refractivity contribution is -0.145. The van der Waals surface area contributed by atoms with Gasteiger partial charge in [0.05, 0.1) is 5.02 Å². The summed E-state index contributed by atoms with van der Waals surface area (Å²) in [6.45, 7) is 1.85. The molecule has 0 aromatic heterocycles. The van der Waals surface area contributed by atoms with Crippen LogP contribution in [0.3, 0.4) is 0 Å². The Morgan fingerprint density at radius 2 is 2.31 bits per heavy atom. The van der Waals surface area contributed by atoms with Crippen LogP contribution in [0.25, 0.3) is 0 Å². The molecule has 1 aromatic rings. The molecular formula is C11H12ClFO3. The predicted molar refractivity (Wildman–Crippen MR) is 58.4 cm³/mol.